The van der Waals surface area contributed by atoms with Crippen molar-refractivity contribution in [3.05, 3.63) is 170 Å². The first-order valence-corrected chi connectivity index (χ1v) is 44.4. The topological polar surface area (TPSA) is 231 Å². The van der Waals surface area contributed by atoms with Gasteiger partial charge in [-0.05, 0) is 148 Å². The number of aliphatic hydroxyl groups excluding tert-OH is 2. The number of carbonyl (C=O) groups is 3. The van der Waals surface area contributed by atoms with E-state index in [2.05, 4.69) is 191 Å². The highest BCUT2D eigenvalue weighted by Gasteiger charge is 2.29. The normalized spacial score (nSPS) is 14.8. The van der Waals surface area contributed by atoms with Gasteiger partial charge in [-0.2, -0.15) is 0 Å². The maximum atomic E-state index is 13.0. The number of hydrogen-bond acceptors (Lipinski definition) is 14. The summed E-state index contributed by atoms with van der Waals surface area (Å²) in [6.45, 7) is 2.32. The zero-order valence-electron chi connectivity index (χ0n) is 66.7. The van der Waals surface area contributed by atoms with Crippen molar-refractivity contribution in [2.24, 2.45) is 0 Å². The number of aliphatic hydroxyl groups is 2. The molecule has 0 heterocycles. The number of carbonyl (C=O) groups excluding carboxylic acids is 3. The summed E-state index contributed by atoms with van der Waals surface area (Å²) in [4.78, 5) is 58.8. The Balaban J connectivity index is 4.60. The Morgan fingerprint density at radius 1 is 0.262 bits per heavy atom. The minimum atomic E-state index is -4.95. The number of hydrogen-bond donors (Lipinski definition) is 4. The molecule has 0 aromatic rings. The number of phosphoric ester groups is 2. The minimum absolute atomic E-state index is 0.0844. The first-order valence-electron chi connectivity index (χ1n) is 41.4. The summed E-state index contributed by atoms with van der Waals surface area (Å²) in [5.41, 5.74) is 0. The summed E-state index contributed by atoms with van der Waals surface area (Å²) in [5, 5.41) is 20.7. The largest absolute Gasteiger partial charge is 0.472 e. The molecule has 0 aliphatic heterocycles. The van der Waals surface area contributed by atoms with Gasteiger partial charge in [0.2, 0.25) is 0 Å². The van der Waals surface area contributed by atoms with Crippen LogP contribution in [0.15, 0.2) is 170 Å². The number of allylic oxidation sites excluding steroid dienone is 28. The first-order chi connectivity index (χ1) is 52.2. The third-order valence-corrected chi connectivity index (χ3v) is 18.8. The molecule has 610 valence electrons. The summed E-state index contributed by atoms with van der Waals surface area (Å²) >= 11 is 0. The zero-order chi connectivity index (χ0) is 78.0. The molecule has 0 aromatic heterocycles. The molecule has 0 fully saturated rings. The molecular weight excluding hydrogens is 1390 g/mol. The van der Waals surface area contributed by atoms with Crippen molar-refractivity contribution in [3.8, 4) is 0 Å². The monoisotopic (exact) mass is 1540 g/mol. The van der Waals surface area contributed by atoms with Crippen LogP contribution in [0.3, 0.4) is 0 Å². The van der Waals surface area contributed by atoms with E-state index in [0.29, 0.717) is 19.3 Å². The molecule has 5 unspecified atom stereocenters. The second kappa shape index (κ2) is 80.4. The van der Waals surface area contributed by atoms with Crippen LogP contribution in [0.4, 0.5) is 0 Å². The van der Waals surface area contributed by atoms with Gasteiger partial charge in [-0.1, -0.05) is 319 Å². The Labute approximate surface area is 650 Å². The summed E-state index contributed by atoms with van der Waals surface area (Å²) in [6, 6.07) is 0. The highest BCUT2D eigenvalue weighted by molar-refractivity contribution is 7.47. The predicted octanol–water partition coefficient (Wildman–Crippen LogP) is 24.8. The predicted molar refractivity (Wildman–Crippen MR) is 445 cm³/mol. The molecule has 4 N–H and O–H groups in total. The van der Waals surface area contributed by atoms with Crippen LogP contribution in [-0.2, 0) is 55.8 Å². The standard InChI is InChI=1S/C89H148O16P2/c1-4-7-10-13-16-19-22-25-28-31-33-35-37-39-40-41-42-44-46-47-49-52-54-57-60-63-66-69-72-75-87(92)99-78-84(90)79-101-106(95,96)102-80-85(91)81-103-107(97,98)104-83-86(105-89(94)77-74-71-68-65-62-59-56-51-30-27-24-21-18-15-12-9-6-3)82-100-88(93)76-73-70-67-64-61-58-55-53-50-48-45-43-38-36-34-32-29-26-23-20-17-14-11-8-5-2/h7-12,16-21,25-30,33-36,39-40,43,45,50,53,84-86,90-91H,4-6,13-15,22-24,31-32,37-38,41-42,44,46-49,51-52,54-83H2,1-3H3,(H,95,96)(H,97,98)/b10-7-,11-8-,12-9-,19-16-,20-17-,21-18-,28-25-,29-26-,30-27-,35-33-,36-34-,40-39-,45-43-,53-50-. The van der Waals surface area contributed by atoms with Gasteiger partial charge in [0.05, 0.1) is 26.4 Å². The van der Waals surface area contributed by atoms with Crippen LogP contribution in [0.5, 0.6) is 0 Å². The molecule has 5 atom stereocenters. The van der Waals surface area contributed by atoms with Crippen LogP contribution in [0.25, 0.3) is 0 Å². The Bertz CT molecular complexity index is 2620. The lowest BCUT2D eigenvalue weighted by Crippen LogP contribution is -2.30. The van der Waals surface area contributed by atoms with Crippen LogP contribution in [0.2, 0.25) is 0 Å². The molecule has 0 radical (unpaired) electrons. The molecule has 0 saturated carbocycles. The number of esters is 3. The summed E-state index contributed by atoms with van der Waals surface area (Å²) in [6.07, 6.45) is 102. The maximum absolute atomic E-state index is 13.0. The summed E-state index contributed by atoms with van der Waals surface area (Å²) in [7, 11) is -9.81. The van der Waals surface area contributed by atoms with Crippen molar-refractivity contribution >= 4 is 33.6 Å². The zero-order valence-corrected chi connectivity index (χ0v) is 68.5. The smallest absolute Gasteiger partial charge is 0.463 e. The molecule has 16 nitrogen and oxygen atoms in total. The van der Waals surface area contributed by atoms with E-state index in [1.54, 1.807) is 0 Å². The quantitative estimate of drug-likeness (QED) is 0.0146. The van der Waals surface area contributed by atoms with Gasteiger partial charge in [0.1, 0.15) is 25.4 Å². The third kappa shape index (κ3) is 81.7. The first kappa shape index (κ1) is 102. The van der Waals surface area contributed by atoms with E-state index < -0.39 is 91.5 Å². The van der Waals surface area contributed by atoms with Gasteiger partial charge in [-0.25, -0.2) is 9.13 Å². The van der Waals surface area contributed by atoms with Crippen LogP contribution in [0.1, 0.15) is 316 Å². The Morgan fingerprint density at radius 3 is 0.738 bits per heavy atom. The van der Waals surface area contributed by atoms with E-state index in [1.165, 1.54) is 57.8 Å². The van der Waals surface area contributed by atoms with Gasteiger partial charge in [-0.15, -0.1) is 0 Å². The molecule has 0 saturated heterocycles. The highest BCUT2D eigenvalue weighted by Crippen LogP contribution is 2.45. The molecular formula is C89H148O16P2. The lowest BCUT2D eigenvalue weighted by atomic mass is 10.0. The van der Waals surface area contributed by atoms with Crippen molar-refractivity contribution in [2.75, 3.05) is 39.6 Å². The van der Waals surface area contributed by atoms with Crippen molar-refractivity contribution in [1.82, 2.24) is 0 Å². The van der Waals surface area contributed by atoms with E-state index in [9.17, 15) is 43.5 Å². The van der Waals surface area contributed by atoms with Gasteiger partial charge >= 0.3 is 33.6 Å². The Morgan fingerprint density at radius 2 is 0.467 bits per heavy atom. The fourth-order valence-electron chi connectivity index (χ4n) is 10.7. The Kier molecular flexibility index (Phi) is 76.6. The molecule has 0 amide bonds. The summed E-state index contributed by atoms with van der Waals surface area (Å²) < 4.78 is 61.3. The number of phosphoric acid groups is 2. The lowest BCUT2D eigenvalue weighted by Gasteiger charge is -2.21. The molecule has 107 heavy (non-hydrogen) atoms. The van der Waals surface area contributed by atoms with Crippen molar-refractivity contribution in [1.29, 1.82) is 0 Å². The van der Waals surface area contributed by atoms with Gasteiger partial charge in [0.25, 0.3) is 0 Å². The van der Waals surface area contributed by atoms with E-state index in [0.717, 1.165) is 199 Å². The van der Waals surface area contributed by atoms with Crippen molar-refractivity contribution < 1.29 is 75.8 Å². The SMILES string of the molecule is CC/C=C\C/C=C\C/C=C\C/C=C\C/C=C\C/C=C\CCCCCCCCC(=O)OCC(COP(=O)(O)OCC(O)COP(=O)(O)OCC(O)COC(=O)CCCCCCCCCCCCCCC/C=C\C/C=C\C/C=C\C/C=C\C/C=C\CC)OC(=O)CCCCCCCCC/C=C\C/C=C\C/C=C\CC. The second-order valence-electron chi connectivity index (χ2n) is 27.1. The fourth-order valence-corrected chi connectivity index (χ4v) is 12.3. The van der Waals surface area contributed by atoms with E-state index in [-0.39, 0.29) is 19.3 Å². The van der Waals surface area contributed by atoms with Crippen LogP contribution in [0, 0.1) is 0 Å². The number of rotatable bonds is 77. The third-order valence-electron chi connectivity index (χ3n) is 16.9. The highest BCUT2D eigenvalue weighted by atomic mass is 31.2. The average molecular weight is 1540 g/mol. The van der Waals surface area contributed by atoms with Gasteiger partial charge in [-0.3, -0.25) is 32.5 Å². The second-order valence-corrected chi connectivity index (χ2v) is 30.0. The summed E-state index contributed by atoms with van der Waals surface area (Å²) in [5.74, 6) is -1.61. The molecule has 0 aliphatic carbocycles. The average Bonchev–Trinajstić information content (AvgIpc) is 0.927. The maximum Gasteiger partial charge on any atom is 0.472 e. The number of unbranched alkanes of at least 4 members (excludes halogenated alkanes) is 26. The fraction of sp³-hybridized carbons (Fsp3) is 0.652. The van der Waals surface area contributed by atoms with Gasteiger partial charge in [0.15, 0.2) is 6.10 Å². The van der Waals surface area contributed by atoms with Gasteiger partial charge < -0.3 is 34.2 Å². The van der Waals surface area contributed by atoms with Crippen LogP contribution < -0.4 is 0 Å². The molecule has 0 aromatic carbocycles. The molecule has 0 spiro atoms. The minimum Gasteiger partial charge on any atom is -0.463 e. The van der Waals surface area contributed by atoms with E-state index >= 15 is 0 Å². The van der Waals surface area contributed by atoms with Crippen molar-refractivity contribution in [2.45, 2.75) is 334 Å². The van der Waals surface area contributed by atoms with Gasteiger partial charge in [0, 0.05) is 19.3 Å². The van der Waals surface area contributed by atoms with Crippen LogP contribution >= 0.6 is 15.6 Å². The molecule has 0 rings (SSSR count). The van der Waals surface area contributed by atoms with Crippen LogP contribution in [-0.4, -0.2) is 95.9 Å². The lowest BCUT2D eigenvalue weighted by molar-refractivity contribution is -0.161. The molecule has 0 bridgehead atoms. The molecule has 18 heteroatoms. The number of ether oxygens (including phenoxy) is 3. The van der Waals surface area contributed by atoms with E-state index in [4.69, 9.17) is 32.3 Å². The van der Waals surface area contributed by atoms with Crippen molar-refractivity contribution in [3.63, 3.8) is 0 Å². The molecule has 0 aliphatic rings. The Hall–Kier alpha value is -5.09. The van der Waals surface area contributed by atoms with E-state index in [1.807, 2.05) is 0 Å².